The van der Waals surface area contributed by atoms with Crippen molar-refractivity contribution < 1.29 is 28.5 Å². The summed E-state index contributed by atoms with van der Waals surface area (Å²) >= 11 is 0. The van der Waals surface area contributed by atoms with Crippen LogP contribution in [0.15, 0.2) is 0 Å². The number of rotatable bonds is 7. The van der Waals surface area contributed by atoms with Gasteiger partial charge in [-0.1, -0.05) is 27.7 Å². The third-order valence-electron chi connectivity index (χ3n) is 4.56. The van der Waals surface area contributed by atoms with E-state index in [9.17, 15) is 4.79 Å². The zero-order valence-electron chi connectivity index (χ0n) is 15.8. The number of fused-ring (bicyclic) bond motifs is 1. The molecule has 0 spiro atoms. The largest absolute Gasteiger partial charge is 0.457 e. The second-order valence-corrected chi connectivity index (χ2v) is 8.51. The van der Waals surface area contributed by atoms with E-state index in [0.29, 0.717) is 19.8 Å². The van der Waals surface area contributed by atoms with Crippen molar-refractivity contribution in [1.29, 1.82) is 0 Å². The molecule has 2 fully saturated rings. The van der Waals surface area contributed by atoms with E-state index in [4.69, 9.17) is 23.7 Å². The fourth-order valence-electron chi connectivity index (χ4n) is 2.60. The molecule has 2 aliphatic heterocycles. The van der Waals surface area contributed by atoms with Gasteiger partial charge in [-0.25, -0.2) is 0 Å². The monoisotopic (exact) mass is 344 g/mol. The summed E-state index contributed by atoms with van der Waals surface area (Å²) in [6.45, 7) is 13.7. The lowest BCUT2D eigenvalue weighted by Crippen LogP contribution is -2.38. The maximum atomic E-state index is 12.2. The number of ether oxygens (including phenoxy) is 5. The van der Waals surface area contributed by atoms with Crippen LogP contribution in [0.1, 0.15) is 48.0 Å². The predicted octanol–water partition coefficient (Wildman–Crippen LogP) is 2.54. The molecule has 0 amide bonds. The van der Waals surface area contributed by atoms with Crippen molar-refractivity contribution in [2.75, 3.05) is 26.6 Å². The van der Waals surface area contributed by atoms with Gasteiger partial charge in [0.15, 0.2) is 6.10 Å². The third-order valence-corrected chi connectivity index (χ3v) is 4.56. The average Bonchev–Trinajstić information content (AvgIpc) is 3.06. The van der Waals surface area contributed by atoms with Crippen molar-refractivity contribution in [1.82, 2.24) is 0 Å². The summed E-state index contributed by atoms with van der Waals surface area (Å²) < 4.78 is 28.4. The highest BCUT2D eigenvalue weighted by atomic mass is 16.7. The Morgan fingerprint density at radius 3 is 2.21 bits per heavy atom. The van der Waals surface area contributed by atoms with Gasteiger partial charge in [0.1, 0.15) is 25.1 Å². The minimum absolute atomic E-state index is 0.104. The first-order valence-electron chi connectivity index (χ1n) is 8.78. The van der Waals surface area contributed by atoms with Crippen LogP contribution in [0.25, 0.3) is 0 Å². The topological polar surface area (TPSA) is 63.2 Å². The molecule has 0 radical (unpaired) electrons. The normalized spacial score (nSPS) is 30.4. The maximum Gasteiger partial charge on any atom is 0.311 e. The quantitative estimate of drug-likeness (QED) is 0.402. The summed E-state index contributed by atoms with van der Waals surface area (Å²) in [5.74, 6) is -0.208. The van der Waals surface area contributed by atoms with E-state index < -0.39 is 5.41 Å². The minimum Gasteiger partial charge on any atom is -0.457 e. The molecule has 24 heavy (non-hydrogen) atoms. The molecule has 0 N–H and O–H groups in total. The van der Waals surface area contributed by atoms with Gasteiger partial charge in [0.25, 0.3) is 0 Å². The van der Waals surface area contributed by atoms with Crippen molar-refractivity contribution in [3.8, 4) is 0 Å². The van der Waals surface area contributed by atoms with Crippen molar-refractivity contribution in [2.45, 2.75) is 72.4 Å². The predicted molar refractivity (Wildman–Crippen MR) is 88.6 cm³/mol. The fraction of sp³-hybridized carbons (Fsp3) is 0.944. The summed E-state index contributed by atoms with van der Waals surface area (Å²) in [6.07, 6.45) is -0.277. The van der Waals surface area contributed by atoms with Crippen LogP contribution in [-0.4, -0.2) is 57.0 Å². The Hall–Kier alpha value is -0.690. The van der Waals surface area contributed by atoms with Crippen molar-refractivity contribution in [2.24, 2.45) is 10.8 Å². The van der Waals surface area contributed by atoms with Gasteiger partial charge in [0, 0.05) is 0 Å². The Balaban J connectivity index is 1.78. The number of carbonyl (C=O) groups is 1. The van der Waals surface area contributed by atoms with Gasteiger partial charge in [-0.2, -0.15) is 0 Å². The molecule has 0 aromatic carbocycles. The summed E-state index contributed by atoms with van der Waals surface area (Å²) in [7, 11) is 0. The van der Waals surface area contributed by atoms with Crippen molar-refractivity contribution >= 4 is 5.97 Å². The highest BCUT2D eigenvalue weighted by Crippen LogP contribution is 2.32. The molecule has 140 valence electrons. The van der Waals surface area contributed by atoms with Crippen LogP contribution in [0.3, 0.4) is 0 Å². The van der Waals surface area contributed by atoms with Crippen LogP contribution in [0, 0.1) is 10.8 Å². The molecule has 0 aromatic heterocycles. The lowest BCUT2D eigenvalue weighted by atomic mass is 9.90. The molecule has 0 aromatic rings. The standard InChI is InChI=1S/C18H32O6/c1-7-18(5,6)16(19)24-13-9-22-14-12(8-21-15(13)14)23-11-20-10-17(2,3)4/h12-15H,7-11H2,1-6H3. The van der Waals surface area contributed by atoms with Gasteiger partial charge in [-0.15, -0.1) is 0 Å². The average molecular weight is 344 g/mol. The molecule has 4 unspecified atom stereocenters. The van der Waals surface area contributed by atoms with Gasteiger partial charge in [0.2, 0.25) is 0 Å². The summed E-state index contributed by atoms with van der Waals surface area (Å²) in [4.78, 5) is 12.2. The molecule has 0 saturated carbocycles. The van der Waals surface area contributed by atoms with E-state index in [0.717, 1.165) is 6.42 Å². The van der Waals surface area contributed by atoms with Crippen molar-refractivity contribution in [3.63, 3.8) is 0 Å². The summed E-state index contributed by atoms with van der Waals surface area (Å²) in [6, 6.07) is 0. The lowest BCUT2D eigenvalue weighted by molar-refractivity contribution is -0.164. The highest BCUT2D eigenvalue weighted by molar-refractivity contribution is 5.76. The Labute approximate surface area is 145 Å². The second-order valence-electron chi connectivity index (χ2n) is 8.51. The Bertz CT molecular complexity index is 428. The summed E-state index contributed by atoms with van der Waals surface area (Å²) in [5.41, 5.74) is -0.388. The molecule has 4 atom stereocenters. The maximum absolute atomic E-state index is 12.2. The Kier molecular flexibility index (Phi) is 6.29. The number of hydrogen-bond donors (Lipinski definition) is 0. The second kappa shape index (κ2) is 7.68. The molecule has 6 heteroatoms. The zero-order chi connectivity index (χ0) is 18.0. The lowest BCUT2D eigenvalue weighted by Gasteiger charge is -2.24. The van der Waals surface area contributed by atoms with Crippen LogP contribution < -0.4 is 0 Å². The van der Waals surface area contributed by atoms with E-state index in [1.54, 1.807) is 0 Å². The molecule has 2 aliphatic rings. The van der Waals surface area contributed by atoms with Crippen LogP contribution in [0.5, 0.6) is 0 Å². The molecule has 2 rings (SSSR count). The molecule has 0 bridgehead atoms. The first-order valence-corrected chi connectivity index (χ1v) is 8.78. The van der Waals surface area contributed by atoms with E-state index in [1.807, 2.05) is 20.8 Å². The van der Waals surface area contributed by atoms with Crippen LogP contribution in [-0.2, 0) is 28.5 Å². The molecule has 2 saturated heterocycles. The molecule has 0 aliphatic carbocycles. The molecular weight excluding hydrogens is 312 g/mol. The smallest absolute Gasteiger partial charge is 0.311 e. The number of esters is 1. The van der Waals surface area contributed by atoms with Gasteiger partial charge >= 0.3 is 5.97 Å². The van der Waals surface area contributed by atoms with Gasteiger partial charge < -0.3 is 23.7 Å². The first kappa shape index (κ1) is 19.6. The van der Waals surface area contributed by atoms with Gasteiger partial charge in [-0.3, -0.25) is 4.79 Å². The van der Waals surface area contributed by atoms with E-state index in [-0.39, 0.29) is 42.6 Å². The Morgan fingerprint density at radius 2 is 1.62 bits per heavy atom. The Morgan fingerprint density at radius 1 is 1.04 bits per heavy atom. The van der Waals surface area contributed by atoms with E-state index in [1.165, 1.54) is 0 Å². The summed E-state index contributed by atoms with van der Waals surface area (Å²) in [5, 5.41) is 0. The van der Waals surface area contributed by atoms with Gasteiger partial charge in [-0.05, 0) is 25.7 Å². The van der Waals surface area contributed by atoms with Crippen LogP contribution in [0.4, 0.5) is 0 Å². The van der Waals surface area contributed by atoms with E-state index >= 15 is 0 Å². The zero-order valence-corrected chi connectivity index (χ0v) is 15.8. The first-order chi connectivity index (χ1) is 11.1. The van der Waals surface area contributed by atoms with E-state index in [2.05, 4.69) is 20.8 Å². The third kappa shape index (κ3) is 4.91. The van der Waals surface area contributed by atoms with Gasteiger partial charge in [0.05, 0.1) is 25.2 Å². The number of carbonyl (C=O) groups excluding carboxylic acids is 1. The van der Waals surface area contributed by atoms with Crippen LogP contribution >= 0.6 is 0 Å². The van der Waals surface area contributed by atoms with Crippen LogP contribution in [0.2, 0.25) is 0 Å². The number of hydrogen-bond acceptors (Lipinski definition) is 6. The molecule has 2 heterocycles. The SMILES string of the molecule is CCC(C)(C)C(=O)OC1COC2C(OCOCC(C)(C)C)COC12. The highest BCUT2D eigenvalue weighted by Gasteiger charge is 2.50. The minimum atomic E-state index is -0.493. The fourth-order valence-corrected chi connectivity index (χ4v) is 2.60. The van der Waals surface area contributed by atoms with Crippen molar-refractivity contribution in [3.05, 3.63) is 0 Å². The molecule has 6 nitrogen and oxygen atoms in total. The molecular formula is C18H32O6.